The fourth-order valence-corrected chi connectivity index (χ4v) is 1.27. The first-order valence-electron chi connectivity index (χ1n) is 4.99. The van der Waals surface area contributed by atoms with Crippen molar-refractivity contribution in [3.8, 4) is 0 Å². The van der Waals surface area contributed by atoms with Crippen molar-refractivity contribution in [3.05, 3.63) is 27.2 Å². The Labute approximate surface area is 96.9 Å². The summed E-state index contributed by atoms with van der Waals surface area (Å²) >= 11 is 0. The van der Waals surface area contributed by atoms with Crippen LogP contribution in [-0.4, -0.2) is 33.7 Å². The summed E-state index contributed by atoms with van der Waals surface area (Å²) in [6.45, 7) is 3.26. The van der Waals surface area contributed by atoms with Crippen LogP contribution in [0.1, 0.15) is 28.0 Å². The Balaban J connectivity index is 2.86. The molecule has 1 aromatic heterocycles. The summed E-state index contributed by atoms with van der Waals surface area (Å²) in [5.74, 6) is -1.60. The highest BCUT2D eigenvalue weighted by Crippen LogP contribution is 2.04. The Bertz CT molecular complexity index is 507. The van der Waals surface area contributed by atoms with Gasteiger partial charge in [0.15, 0.2) is 0 Å². The van der Waals surface area contributed by atoms with E-state index < -0.39 is 17.4 Å². The predicted molar refractivity (Wildman–Crippen MR) is 58.9 cm³/mol. The molecule has 0 fully saturated rings. The first-order valence-corrected chi connectivity index (χ1v) is 4.99. The molecule has 1 rings (SSSR count). The van der Waals surface area contributed by atoms with Gasteiger partial charge in [0.25, 0.3) is 11.5 Å². The van der Waals surface area contributed by atoms with E-state index in [2.05, 4.69) is 15.5 Å². The highest BCUT2D eigenvalue weighted by atomic mass is 16.4. The fraction of sp³-hybridized carbons (Fsp3) is 0.400. The number of amides is 1. The molecule has 0 atom stereocenters. The van der Waals surface area contributed by atoms with Gasteiger partial charge in [0, 0.05) is 6.54 Å². The maximum absolute atomic E-state index is 11.7. The number of H-pyrrole nitrogens is 1. The molecule has 0 aliphatic heterocycles. The molecule has 1 amide bonds. The molecule has 0 spiro atoms. The van der Waals surface area contributed by atoms with Crippen LogP contribution in [0.5, 0.6) is 0 Å². The average Bonchev–Trinajstić information content (AvgIpc) is 2.23. The molecule has 0 saturated heterocycles. The number of hydrogen-bond donors (Lipinski definition) is 3. The monoisotopic (exact) mass is 239 g/mol. The molecule has 0 radical (unpaired) electrons. The number of rotatable bonds is 4. The number of nitrogens with one attached hydrogen (secondary N) is 2. The van der Waals surface area contributed by atoms with Crippen molar-refractivity contribution >= 4 is 11.9 Å². The second-order valence-electron chi connectivity index (χ2n) is 3.54. The second kappa shape index (κ2) is 5.24. The smallest absolute Gasteiger partial charge is 0.305 e. The molecule has 0 bridgehead atoms. The van der Waals surface area contributed by atoms with E-state index in [-0.39, 0.29) is 18.5 Å². The minimum atomic E-state index is -1.01. The molecule has 7 heteroatoms. The molecule has 0 aliphatic rings. The Morgan fingerprint density at radius 3 is 2.65 bits per heavy atom. The Morgan fingerprint density at radius 1 is 1.41 bits per heavy atom. The lowest BCUT2D eigenvalue weighted by molar-refractivity contribution is -0.136. The van der Waals surface area contributed by atoms with E-state index in [1.54, 1.807) is 13.8 Å². The van der Waals surface area contributed by atoms with Crippen molar-refractivity contribution in [2.24, 2.45) is 0 Å². The fourth-order valence-electron chi connectivity index (χ4n) is 1.27. The third-order valence-corrected chi connectivity index (χ3v) is 2.32. The van der Waals surface area contributed by atoms with Crippen LogP contribution in [0.3, 0.4) is 0 Å². The summed E-state index contributed by atoms with van der Waals surface area (Å²) in [7, 11) is 0. The number of aliphatic carboxylic acids is 1. The van der Waals surface area contributed by atoms with E-state index in [0.717, 1.165) is 0 Å². The van der Waals surface area contributed by atoms with Gasteiger partial charge in [-0.3, -0.25) is 14.4 Å². The molecule has 0 aliphatic carbocycles. The van der Waals surface area contributed by atoms with E-state index in [1.807, 2.05) is 0 Å². The van der Waals surface area contributed by atoms with Crippen LogP contribution in [0.15, 0.2) is 4.79 Å². The Kier molecular flexibility index (Phi) is 3.97. The van der Waals surface area contributed by atoms with Gasteiger partial charge in [-0.1, -0.05) is 0 Å². The van der Waals surface area contributed by atoms with Crippen molar-refractivity contribution in [1.82, 2.24) is 15.5 Å². The SMILES string of the molecule is Cc1n[nH]c(=O)c(C(=O)NCCC(=O)O)c1C. The van der Waals surface area contributed by atoms with E-state index in [4.69, 9.17) is 5.11 Å². The normalized spacial score (nSPS) is 10.0. The van der Waals surface area contributed by atoms with Gasteiger partial charge in [0.2, 0.25) is 0 Å². The molecule has 0 unspecified atom stereocenters. The summed E-state index contributed by atoms with van der Waals surface area (Å²) in [5.41, 5.74) is 0.429. The molecule has 92 valence electrons. The minimum Gasteiger partial charge on any atom is -0.481 e. The largest absolute Gasteiger partial charge is 0.481 e. The quantitative estimate of drug-likeness (QED) is 0.661. The predicted octanol–water partition coefficient (Wildman–Crippen LogP) is -0.409. The Hall–Kier alpha value is -2.18. The lowest BCUT2D eigenvalue weighted by Gasteiger charge is -2.06. The zero-order chi connectivity index (χ0) is 13.0. The number of hydrogen-bond acceptors (Lipinski definition) is 4. The number of carboxylic acids is 1. The number of aromatic nitrogens is 2. The zero-order valence-corrected chi connectivity index (χ0v) is 9.53. The van der Waals surface area contributed by atoms with Crippen molar-refractivity contribution in [1.29, 1.82) is 0 Å². The third kappa shape index (κ3) is 3.13. The topological polar surface area (TPSA) is 112 Å². The van der Waals surface area contributed by atoms with Gasteiger partial charge in [-0.25, -0.2) is 5.10 Å². The van der Waals surface area contributed by atoms with E-state index in [0.29, 0.717) is 11.3 Å². The summed E-state index contributed by atoms with van der Waals surface area (Å²) in [6.07, 6.45) is -0.188. The van der Waals surface area contributed by atoms with Crippen LogP contribution in [-0.2, 0) is 4.79 Å². The highest BCUT2D eigenvalue weighted by Gasteiger charge is 2.15. The molecule has 1 heterocycles. The van der Waals surface area contributed by atoms with Gasteiger partial charge in [0.1, 0.15) is 5.56 Å². The first kappa shape index (κ1) is 12.9. The van der Waals surface area contributed by atoms with Crippen LogP contribution in [0.2, 0.25) is 0 Å². The average molecular weight is 239 g/mol. The molecular formula is C10H13N3O4. The van der Waals surface area contributed by atoms with Gasteiger partial charge >= 0.3 is 5.97 Å². The molecule has 3 N–H and O–H groups in total. The molecular weight excluding hydrogens is 226 g/mol. The third-order valence-electron chi connectivity index (χ3n) is 2.32. The molecule has 0 saturated carbocycles. The number of nitrogens with zero attached hydrogens (tertiary/aromatic N) is 1. The summed E-state index contributed by atoms with van der Waals surface area (Å²) < 4.78 is 0. The van der Waals surface area contributed by atoms with Crippen LogP contribution in [0, 0.1) is 13.8 Å². The lowest BCUT2D eigenvalue weighted by Crippen LogP contribution is -2.33. The van der Waals surface area contributed by atoms with Crippen LogP contribution < -0.4 is 10.9 Å². The standard InChI is InChI=1S/C10H13N3O4/c1-5-6(2)12-13-10(17)8(5)9(16)11-4-3-7(14)15/h3-4H2,1-2H3,(H,11,16)(H,13,17)(H,14,15). The summed E-state index contributed by atoms with van der Waals surface area (Å²) in [4.78, 5) is 33.4. The van der Waals surface area contributed by atoms with Crippen molar-refractivity contribution < 1.29 is 14.7 Å². The molecule has 7 nitrogen and oxygen atoms in total. The van der Waals surface area contributed by atoms with Crippen LogP contribution in [0.4, 0.5) is 0 Å². The first-order chi connectivity index (χ1) is 7.93. The van der Waals surface area contributed by atoms with Crippen molar-refractivity contribution in [2.45, 2.75) is 20.3 Å². The second-order valence-corrected chi connectivity index (χ2v) is 3.54. The van der Waals surface area contributed by atoms with Gasteiger partial charge in [-0.15, -0.1) is 0 Å². The molecule has 17 heavy (non-hydrogen) atoms. The van der Waals surface area contributed by atoms with Crippen LogP contribution >= 0.6 is 0 Å². The number of aromatic amines is 1. The number of aryl methyl sites for hydroxylation is 1. The summed E-state index contributed by atoms with van der Waals surface area (Å²) in [5, 5.41) is 16.7. The lowest BCUT2D eigenvalue weighted by atomic mass is 10.1. The maximum Gasteiger partial charge on any atom is 0.305 e. The van der Waals surface area contributed by atoms with E-state index in [1.165, 1.54) is 0 Å². The number of carbonyl (C=O) groups excluding carboxylic acids is 1. The Morgan fingerprint density at radius 2 is 2.06 bits per heavy atom. The highest BCUT2D eigenvalue weighted by molar-refractivity contribution is 5.95. The van der Waals surface area contributed by atoms with Crippen molar-refractivity contribution in [3.63, 3.8) is 0 Å². The van der Waals surface area contributed by atoms with Crippen molar-refractivity contribution in [2.75, 3.05) is 6.54 Å². The zero-order valence-electron chi connectivity index (χ0n) is 9.53. The maximum atomic E-state index is 11.7. The number of carbonyl (C=O) groups is 2. The minimum absolute atomic E-state index is 0.0194. The number of carboxylic acid groups (broad SMARTS) is 1. The van der Waals surface area contributed by atoms with Crippen LogP contribution in [0.25, 0.3) is 0 Å². The van der Waals surface area contributed by atoms with E-state index in [9.17, 15) is 14.4 Å². The van der Waals surface area contributed by atoms with E-state index >= 15 is 0 Å². The molecule has 0 aromatic carbocycles. The molecule has 1 aromatic rings. The van der Waals surface area contributed by atoms with Gasteiger partial charge in [0.05, 0.1) is 12.1 Å². The summed E-state index contributed by atoms with van der Waals surface area (Å²) in [6, 6.07) is 0. The van der Waals surface area contributed by atoms with Gasteiger partial charge in [-0.2, -0.15) is 5.10 Å². The van der Waals surface area contributed by atoms with Gasteiger partial charge < -0.3 is 10.4 Å². The van der Waals surface area contributed by atoms with Gasteiger partial charge in [-0.05, 0) is 19.4 Å².